The molecule has 0 unspecified atom stereocenters. The zero-order chi connectivity index (χ0) is 19.7. The molecule has 3 aromatic carbocycles. The summed E-state index contributed by atoms with van der Waals surface area (Å²) in [5.41, 5.74) is 5.31. The number of hydrogen-bond acceptors (Lipinski definition) is 3. The molecule has 3 heteroatoms. The van der Waals surface area contributed by atoms with Crippen LogP contribution in [0.1, 0.15) is 35.6 Å². The number of methoxy groups -OCH3 is 2. The van der Waals surface area contributed by atoms with Crippen molar-refractivity contribution in [1.29, 1.82) is 0 Å². The van der Waals surface area contributed by atoms with Gasteiger partial charge >= 0.3 is 0 Å². The monoisotopic (exact) mass is 373 g/mol. The Morgan fingerprint density at radius 1 is 0.714 bits per heavy atom. The molecule has 0 fully saturated rings. The first-order valence-electron chi connectivity index (χ1n) is 9.73. The van der Waals surface area contributed by atoms with Crippen molar-refractivity contribution in [2.45, 2.75) is 18.9 Å². The first-order valence-corrected chi connectivity index (χ1v) is 9.73. The van der Waals surface area contributed by atoms with Crippen LogP contribution in [0.15, 0.2) is 72.8 Å². The highest BCUT2D eigenvalue weighted by Gasteiger charge is 2.38. The lowest BCUT2D eigenvalue weighted by Crippen LogP contribution is -2.37. The third-order valence-electron chi connectivity index (χ3n) is 6.03. The zero-order valence-corrected chi connectivity index (χ0v) is 16.9. The normalized spacial score (nSPS) is 21.1. The van der Waals surface area contributed by atoms with Gasteiger partial charge in [0.25, 0.3) is 0 Å². The Labute approximate surface area is 167 Å². The summed E-state index contributed by atoms with van der Waals surface area (Å²) >= 11 is 0. The molecule has 3 atom stereocenters. The SMILES string of the molecule is COc1ccc([C@H]2c3ccccc3N(C)[C@@H](c3ccc(OC)cc3)[C@@H]2C)cc1. The quantitative estimate of drug-likeness (QED) is 0.589. The summed E-state index contributed by atoms with van der Waals surface area (Å²) in [7, 11) is 5.62. The van der Waals surface area contributed by atoms with Gasteiger partial charge in [-0.2, -0.15) is 0 Å². The molecular weight excluding hydrogens is 346 g/mol. The van der Waals surface area contributed by atoms with Gasteiger partial charge in [0.1, 0.15) is 11.5 Å². The van der Waals surface area contributed by atoms with E-state index in [0.717, 1.165) is 11.5 Å². The smallest absolute Gasteiger partial charge is 0.118 e. The van der Waals surface area contributed by atoms with Crippen LogP contribution in [0, 0.1) is 5.92 Å². The Kier molecular flexibility index (Phi) is 4.99. The lowest BCUT2D eigenvalue weighted by atomic mass is 9.72. The van der Waals surface area contributed by atoms with Crippen molar-refractivity contribution in [2.24, 2.45) is 5.92 Å². The number of hydrogen-bond donors (Lipinski definition) is 0. The van der Waals surface area contributed by atoms with Crippen LogP contribution in [0.2, 0.25) is 0 Å². The standard InChI is InChI=1S/C25H27NO2/c1-17-24(18-9-13-20(27-3)14-10-18)22-7-5-6-8-23(22)26(2)25(17)19-11-15-21(28-4)16-12-19/h5-17,24-25H,1-4H3/t17-,24+,25-/m1/s1. The molecule has 3 aromatic rings. The van der Waals surface area contributed by atoms with Gasteiger partial charge in [0.15, 0.2) is 0 Å². The summed E-state index contributed by atoms with van der Waals surface area (Å²) in [4.78, 5) is 2.42. The van der Waals surface area contributed by atoms with Gasteiger partial charge in [-0.15, -0.1) is 0 Å². The van der Waals surface area contributed by atoms with Crippen LogP contribution in [0.4, 0.5) is 5.69 Å². The second-order valence-electron chi connectivity index (χ2n) is 7.50. The largest absolute Gasteiger partial charge is 0.497 e. The van der Waals surface area contributed by atoms with Crippen LogP contribution in [0.3, 0.4) is 0 Å². The van der Waals surface area contributed by atoms with Crippen molar-refractivity contribution in [3.05, 3.63) is 89.5 Å². The predicted octanol–water partition coefficient (Wildman–Crippen LogP) is 5.66. The minimum Gasteiger partial charge on any atom is -0.497 e. The third kappa shape index (κ3) is 3.11. The first-order chi connectivity index (χ1) is 13.6. The van der Waals surface area contributed by atoms with Crippen LogP contribution >= 0.6 is 0 Å². The van der Waals surface area contributed by atoms with Gasteiger partial charge < -0.3 is 14.4 Å². The molecule has 0 spiro atoms. The Balaban J connectivity index is 1.81. The maximum Gasteiger partial charge on any atom is 0.118 e. The summed E-state index contributed by atoms with van der Waals surface area (Å²) in [6.45, 7) is 2.36. The molecule has 0 bridgehead atoms. The van der Waals surface area contributed by atoms with Gasteiger partial charge in [-0.1, -0.05) is 49.4 Å². The Hall–Kier alpha value is -2.94. The van der Waals surface area contributed by atoms with Crippen LogP contribution in [-0.4, -0.2) is 21.3 Å². The number of fused-ring (bicyclic) bond motifs is 1. The fourth-order valence-electron chi connectivity index (χ4n) is 4.66. The minimum absolute atomic E-state index is 0.285. The second kappa shape index (κ2) is 7.59. The van der Waals surface area contributed by atoms with E-state index in [-0.39, 0.29) is 6.04 Å². The lowest BCUT2D eigenvalue weighted by molar-refractivity contribution is 0.385. The van der Waals surface area contributed by atoms with E-state index in [1.165, 1.54) is 22.4 Å². The van der Waals surface area contributed by atoms with E-state index in [2.05, 4.69) is 91.7 Å². The van der Waals surface area contributed by atoms with Crippen molar-refractivity contribution in [1.82, 2.24) is 0 Å². The molecule has 1 heterocycles. The van der Waals surface area contributed by atoms with Crippen LogP contribution in [-0.2, 0) is 0 Å². The van der Waals surface area contributed by atoms with Crippen molar-refractivity contribution >= 4 is 5.69 Å². The molecule has 1 aliphatic heterocycles. The molecule has 1 aliphatic rings. The lowest BCUT2D eigenvalue weighted by Gasteiger charge is -2.45. The molecule has 0 amide bonds. The van der Waals surface area contributed by atoms with Crippen molar-refractivity contribution in [2.75, 3.05) is 26.2 Å². The minimum atomic E-state index is 0.285. The highest BCUT2D eigenvalue weighted by Crippen LogP contribution is 2.50. The summed E-state index contributed by atoms with van der Waals surface area (Å²) in [6.07, 6.45) is 0. The molecule has 28 heavy (non-hydrogen) atoms. The molecular formula is C25H27NO2. The first kappa shape index (κ1) is 18.4. The highest BCUT2D eigenvalue weighted by atomic mass is 16.5. The topological polar surface area (TPSA) is 21.7 Å². The Bertz CT molecular complexity index is 934. The number of nitrogens with zero attached hydrogens (tertiary/aromatic N) is 1. The molecule has 0 aliphatic carbocycles. The van der Waals surface area contributed by atoms with Gasteiger partial charge in [-0.25, -0.2) is 0 Å². The number of rotatable bonds is 4. The molecule has 4 rings (SSSR count). The van der Waals surface area contributed by atoms with E-state index < -0.39 is 0 Å². The van der Waals surface area contributed by atoms with E-state index in [4.69, 9.17) is 9.47 Å². The maximum atomic E-state index is 5.36. The number of ether oxygens (including phenoxy) is 2. The summed E-state index contributed by atoms with van der Waals surface area (Å²) in [5, 5.41) is 0. The fourth-order valence-corrected chi connectivity index (χ4v) is 4.66. The van der Waals surface area contributed by atoms with Gasteiger partial charge in [0.2, 0.25) is 0 Å². The van der Waals surface area contributed by atoms with Crippen molar-refractivity contribution in [3.63, 3.8) is 0 Å². The van der Waals surface area contributed by atoms with Gasteiger partial charge in [-0.05, 0) is 52.9 Å². The third-order valence-corrected chi connectivity index (χ3v) is 6.03. The van der Waals surface area contributed by atoms with E-state index in [0.29, 0.717) is 11.8 Å². The Morgan fingerprint density at radius 2 is 1.25 bits per heavy atom. The molecule has 0 N–H and O–H groups in total. The molecule has 144 valence electrons. The summed E-state index contributed by atoms with van der Waals surface area (Å²) in [6, 6.07) is 26.1. The van der Waals surface area contributed by atoms with E-state index in [1.807, 2.05) is 0 Å². The molecule has 0 radical (unpaired) electrons. The molecule has 3 nitrogen and oxygen atoms in total. The highest BCUT2D eigenvalue weighted by molar-refractivity contribution is 5.62. The molecule has 0 saturated carbocycles. The van der Waals surface area contributed by atoms with E-state index in [1.54, 1.807) is 14.2 Å². The second-order valence-corrected chi connectivity index (χ2v) is 7.50. The number of benzene rings is 3. The van der Waals surface area contributed by atoms with E-state index in [9.17, 15) is 0 Å². The Morgan fingerprint density at radius 3 is 1.82 bits per heavy atom. The van der Waals surface area contributed by atoms with Crippen LogP contribution in [0.25, 0.3) is 0 Å². The average Bonchev–Trinajstić information content (AvgIpc) is 2.75. The van der Waals surface area contributed by atoms with Crippen LogP contribution in [0.5, 0.6) is 11.5 Å². The van der Waals surface area contributed by atoms with Crippen LogP contribution < -0.4 is 14.4 Å². The van der Waals surface area contributed by atoms with Crippen molar-refractivity contribution in [3.8, 4) is 11.5 Å². The van der Waals surface area contributed by atoms with Gasteiger partial charge in [-0.3, -0.25) is 0 Å². The fraction of sp³-hybridized carbons (Fsp3) is 0.280. The van der Waals surface area contributed by atoms with Crippen molar-refractivity contribution < 1.29 is 9.47 Å². The number of anilines is 1. The number of para-hydroxylation sites is 1. The summed E-state index contributed by atoms with van der Waals surface area (Å²) in [5.74, 6) is 2.51. The maximum absolute atomic E-state index is 5.36. The van der Waals surface area contributed by atoms with E-state index >= 15 is 0 Å². The zero-order valence-electron chi connectivity index (χ0n) is 16.9. The van der Waals surface area contributed by atoms with Gasteiger partial charge in [0.05, 0.1) is 20.3 Å². The summed E-state index contributed by atoms with van der Waals surface area (Å²) < 4.78 is 10.7. The average molecular weight is 373 g/mol. The predicted molar refractivity (Wildman–Crippen MR) is 115 cm³/mol. The van der Waals surface area contributed by atoms with Gasteiger partial charge in [0, 0.05) is 18.7 Å². The molecule has 0 aromatic heterocycles. The molecule has 0 saturated heterocycles.